The first kappa shape index (κ1) is 7.59. The highest BCUT2D eigenvalue weighted by molar-refractivity contribution is 5.21. The fraction of sp³-hybridized carbons (Fsp3) is 0.600. The van der Waals surface area contributed by atoms with Crippen LogP contribution < -0.4 is 0 Å². The largest absolute Gasteiger partial charge is 0.0816 e. The summed E-state index contributed by atoms with van der Waals surface area (Å²) in [6, 6.07) is 0. The van der Waals surface area contributed by atoms with Gasteiger partial charge in [-0.2, -0.15) is 0 Å². The van der Waals surface area contributed by atoms with Crippen molar-refractivity contribution in [2.24, 2.45) is 0 Å². The molecule has 1 rings (SSSR count). The summed E-state index contributed by atoms with van der Waals surface area (Å²) in [6.07, 6.45) is 9.94. The zero-order valence-electron chi connectivity index (χ0n) is 6.98. The average Bonchev–Trinajstić information content (AvgIpc) is 1.83. The van der Waals surface area contributed by atoms with Gasteiger partial charge in [0, 0.05) is 0 Å². The number of rotatable bonds is 0. The van der Waals surface area contributed by atoms with Crippen LogP contribution in [0.2, 0.25) is 0 Å². The third-order valence-corrected chi connectivity index (χ3v) is 1.97. The quantitative estimate of drug-likeness (QED) is 0.478. The first-order valence-electron chi connectivity index (χ1n) is 4.13. The number of hydrogen-bond donors (Lipinski definition) is 0. The van der Waals surface area contributed by atoms with Crippen molar-refractivity contribution in [2.45, 2.75) is 39.5 Å². The minimum Gasteiger partial charge on any atom is -0.0816 e. The monoisotopic (exact) mass is 136 g/mol. The van der Waals surface area contributed by atoms with Crippen LogP contribution >= 0.6 is 0 Å². The molecule has 0 unspecified atom stereocenters. The van der Waals surface area contributed by atoms with Gasteiger partial charge in [0.05, 0.1) is 0 Å². The molecule has 0 radical (unpaired) electrons. The molecule has 0 saturated carbocycles. The lowest BCUT2D eigenvalue weighted by Gasteiger charge is -2.05. The van der Waals surface area contributed by atoms with E-state index in [4.69, 9.17) is 0 Å². The van der Waals surface area contributed by atoms with E-state index in [0.29, 0.717) is 0 Å². The second-order valence-electron chi connectivity index (χ2n) is 3.18. The van der Waals surface area contributed by atoms with Crippen molar-refractivity contribution in [1.29, 1.82) is 0 Å². The molecule has 0 fully saturated rings. The minimum atomic E-state index is 1.27. The smallest absolute Gasteiger partial charge is 0.0320 e. The molecule has 0 heterocycles. The van der Waals surface area contributed by atoms with E-state index in [2.05, 4.69) is 26.0 Å². The van der Waals surface area contributed by atoms with Crippen molar-refractivity contribution in [3.05, 3.63) is 23.3 Å². The molecule has 10 heavy (non-hydrogen) atoms. The van der Waals surface area contributed by atoms with Gasteiger partial charge in [0.1, 0.15) is 0 Å². The zero-order chi connectivity index (χ0) is 7.40. The maximum Gasteiger partial charge on any atom is -0.0320 e. The molecule has 56 valence electrons. The topological polar surface area (TPSA) is 0 Å². The third-order valence-electron chi connectivity index (χ3n) is 1.97. The SMILES string of the molecule is CC1=C/CCCC/C(C)=C\1. The maximum absolute atomic E-state index is 2.34. The van der Waals surface area contributed by atoms with Gasteiger partial charge >= 0.3 is 0 Å². The van der Waals surface area contributed by atoms with Crippen LogP contribution in [0.1, 0.15) is 39.5 Å². The fourth-order valence-corrected chi connectivity index (χ4v) is 1.40. The first-order chi connectivity index (χ1) is 4.79. The minimum absolute atomic E-state index is 1.27. The number of hydrogen-bond acceptors (Lipinski definition) is 0. The van der Waals surface area contributed by atoms with Crippen LogP contribution in [0.3, 0.4) is 0 Å². The molecule has 1 aliphatic rings. The summed E-state index contributed by atoms with van der Waals surface area (Å²) >= 11 is 0. The maximum atomic E-state index is 2.34. The van der Waals surface area contributed by atoms with Crippen molar-refractivity contribution in [3.63, 3.8) is 0 Å². The summed E-state index contributed by atoms with van der Waals surface area (Å²) in [5, 5.41) is 0. The van der Waals surface area contributed by atoms with Crippen LogP contribution in [0.4, 0.5) is 0 Å². The fourth-order valence-electron chi connectivity index (χ4n) is 1.40. The second-order valence-corrected chi connectivity index (χ2v) is 3.18. The second kappa shape index (κ2) is 3.60. The predicted octanol–water partition coefficient (Wildman–Crippen LogP) is 3.45. The van der Waals surface area contributed by atoms with Gasteiger partial charge in [-0.25, -0.2) is 0 Å². The Hall–Kier alpha value is -0.520. The lowest BCUT2D eigenvalue weighted by atomic mass is 10.0. The van der Waals surface area contributed by atoms with Gasteiger partial charge in [0.2, 0.25) is 0 Å². The molecule has 1 aliphatic carbocycles. The molecule has 0 spiro atoms. The molecule has 0 nitrogen and oxygen atoms in total. The molecule has 0 N–H and O–H groups in total. The van der Waals surface area contributed by atoms with Crippen LogP contribution in [0.25, 0.3) is 0 Å². The Bertz CT molecular complexity index is 161. The van der Waals surface area contributed by atoms with E-state index >= 15 is 0 Å². The van der Waals surface area contributed by atoms with Crippen molar-refractivity contribution < 1.29 is 0 Å². The highest BCUT2D eigenvalue weighted by Crippen LogP contribution is 2.15. The van der Waals surface area contributed by atoms with E-state index < -0.39 is 0 Å². The molecule has 0 aromatic heterocycles. The van der Waals surface area contributed by atoms with E-state index in [1.807, 2.05) is 0 Å². The van der Waals surface area contributed by atoms with Gasteiger partial charge in [-0.15, -0.1) is 0 Å². The molecular formula is C10H16. The highest BCUT2D eigenvalue weighted by Gasteiger charge is 1.95. The summed E-state index contributed by atoms with van der Waals surface area (Å²) in [4.78, 5) is 0. The Labute approximate surface area is 63.6 Å². The van der Waals surface area contributed by atoms with Crippen LogP contribution in [0.15, 0.2) is 23.3 Å². The summed E-state index contributed by atoms with van der Waals surface area (Å²) in [5.41, 5.74) is 2.98. The van der Waals surface area contributed by atoms with E-state index in [1.54, 1.807) is 0 Å². The van der Waals surface area contributed by atoms with E-state index in [-0.39, 0.29) is 0 Å². The molecule has 0 aromatic rings. The predicted molar refractivity (Wildman–Crippen MR) is 46.0 cm³/mol. The molecule has 0 atom stereocenters. The zero-order valence-corrected chi connectivity index (χ0v) is 6.98. The summed E-state index contributed by atoms with van der Waals surface area (Å²) < 4.78 is 0. The molecule has 0 amide bonds. The normalized spacial score (nSPS) is 31.0. The molecule has 0 saturated heterocycles. The molecule has 0 aliphatic heterocycles. The van der Waals surface area contributed by atoms with Crippen LogP contribution in [0, 0.1) is 0 Å². The van der Waals surface area contributed by atoms with E-state index in [0.717, 1.165) is 0 Å². The molecule has 0 aromatic carbocycles. The van der Waals surface area contributed by atoms with Gasteiger partial charge in [-0.1, -0.05) is 23.3 Å². The third kappa shape index (κ3) is 2.38. The summed E-state index contributed by atoms with van der Waals surface area (Å²) in [7, 11) is 0. The summed E-state index contributed by atoms with van der Waals surface area (Å²) in [6.45, 7) is 4.41. The Morgan fingerprint density at radius 1 is 1.20 bits per heavy atom. The Kier molecular flexibility index (Phi) is 2.73. The van der Waals surface area contributed by atoms with Gasteiger partial charge in [0.25, 0.3) is 0 Å². The van der Waals surface area contributed by atoms with E-state index in [1.165, 1.54) is 36.8 Å². The highest BCUT2D eigenvalue weighted by atomic mass is 14.0. The lowest BCUT2D eigenvalue weighted by molar-refractivity contribution is 0.734. The van der Waals surface area contributed by atoms with Crippen molar-refractivity contribution in [1.82, 2.24) is 0 Å². The Morgan fingerprint density at radius 2 is 2.00 bits per heavy atom. The van der Waals surface area contributed by atoms with Crippen molar-refractivity contribution in [3.8, 4) is 0 Å². The van der Waals surface area contributed by atoms with Crippen molar-refractivity contribution >= 4 is 0 Å². The van der Waals surface area contributed by atoms with Crippen molar-refractivity contribution in [2.75, 3.05) is 0 Å². The molecular weight excluding hydrogens is 120 g/mol. The lowest BCUT2D eigenvalue weighted by Crippen LogP contribution is -1.84. The summed E-state index contributed by atoms with van der Waals surface area (Å²) in [5.74, 6) is 0. The van der Waals surface area contributed by atoms with Crippen LogP contribution in [-0.4, -0.2) is 0 Å². The Morgan fingerprint density at radius 3 is 2.80 bits per heavy atom. The molecule has 0 heteroatoms. The average molecular weight is 136 g/mol. The van der Waals surface area contributed by atoms with E-state index in [9.17, 15) is 0 Å². The van der Waals surface area contributed by atoms with Gasteiger partial charge in [0.15, 0.2) is 0 Å². The first-order valence-corrected chi connectivity index (χ1v) is 4.13. The standard InChI is InChI=1S/C10H16/c1-9-6-4-3-5-7-10(2)8-9/h6,8H,3-5,7H2,1-2H3/b9-6-,10-8-. The van der Waals surface area contributed by atoms with Crippen LogP contribution in [-0.2, 0) is 0 Å². The van der Waals surface area contributed by atoms with Gasteiger partial charge in [-0.05, 0) is 39.5 Å². The van der Waals surface area contributed by atoms with Gasteiger partial charge < -0.3 is 0 Å². The number of allylic oxidation sites excluding steroid dienone is 4. The van der Waals surface area contributed by atoms with Crippen LogP contribution in [0.5, 0.6) is 0 Å². The molecule has 0 bridgehead atoms. The van der Waals surface area contributed by atoms with Gasteiger partial charge in [-0.3, -0.25) is 0 Å². The Balaban J connectivity index is 2.63.